The first-order valence-electron chi connectivity index (χ1n) is 9.08. The average Bonchev–Trinajstić information content (AvgIpc) is 2.69. The zero-order valence-electron chi connectivity index (χ0n) is 15.9. The van der Waals surface area contributed by atoms with Gasteiger partial charge < -0.3 is 15.4 Å². The van der Waals surface area contributed by atoms with E-state index in [-0.39, 0.29) is 11.8 Å². The van der Waals surface area contributed by atoms with Crippen molar-refractivity contribution in [1.29, 1.82) is 0 Å². The highest BCUT2D eigenvalue weighted by Crippen LogP contribution is 2.19. The molecule has 0 heterocycles. The summed E-state index contributed by atoms with van der Waals surface area (Å²) < 4.78 is 5.43. The maximum Gasteiger partial charge on any atom is 0.255 e. The summed E-state index contributed by atoms with van der Waals surface area (Å²) in [5, 5.41) is 5.71. The summed E-state index contributed by atoms with van der Waals surface area (Å²) in [7, 11) is 0. The van der Waals surface area contributed by atoms with Crippen LogP contribution in [0.25, 0.3) is 0 Å². The van der Waals surface area contributed by atoms with Gasteiger partial charge in [0.1, 0.15) is 5.75 Å². The topological polar surface area (TPSA) is 67.4 Å². The SMILES string of the molecule is CCOc1cccc(C(=O)Nc2cccc(NC(=O)c3ccccc3C)c2)c1. The fourth-order valence-electron chi connectivity index (χ4n) is 2.80. The highest BCUT2D eigenvalue weighted by Gasteiger charge is 2.10. The van der Waals surface area contributed by atoms with E-state index < -0.39 is 0 Å². The van der Waals surface area contributed by atoms with Crippen LogP contribution in [0.4, 0.5) is 11.4 Å². The number of rotatable bonds is 6. The normalized spacial score (nSPS) is 10.2. The standard InChI is InChI=1S/C23H22N2O3/c1-3-28-20-12-6-9-17(14-20)22(26)24-18-10-7-11-19(15-18)25-23(27)21-13-5-4-8-16(21)2/h4-15H,3H2,1-2H3,(H,24,26)(H,25,27). The molecule has 0 aliphatic rings. The van der Waals surface area contributed by atoms with Crippen molar-refractivity contribution in [1.82, 2.24) is 0 Å². The Kier molecular flexibility index (Phi) is 6.07. The molecule has 0 atom stereocenters. The lowest BCUT2D eigenvalue weighted by atomic mass is 10.1. The second-order valence-electron chi connectivity index (χ2n) is 6.26. The highest BCUT2D eigenvalue weighted by atomic mass is 16.5. The lowest BCUT2D eigenvalue weighted by Gasteiger charge is -2.11. The monoisotopic (exact) mass is 374 g/mol. The zero-order valence-corrected chi connectivity index (χ0v) is 15.9. The van der Waals surface area contributed by atoms with Gasteiger partial charge >= 0.3 is 0 Å². The minimum Gasteiger partial charge on any atom is -0.494 e. The summed E-state index contributed by atoms with van der Waals surface area (Å²) in [5.41, 5.74) is 3.21. The lowest BCUT2D eigenvalue weighted by molar-refractivity contribution is 0.101. The summed E-state index contributed by atoms with van der Waals surface area (Å²) >= 11 is 0. The molecule has 3 aromatic carbocycles. The molecule has 5 heteroatoms. The number of benzene rings is 3. The Bertz CT molecular complexity index is 998. The van der Waals surface area contributed by atoms with Gasteiger partial charge in [-0.25, -0.2) is 0 Å². The fourth-order valence-corrected chi connectivity index (χ4v) is 2.80. The first-order valence-corrected chi connectivity index (χ1v) is 9.08. The van der Waals surface area contributed by atoms with Gasteiger partial charge in [-0.1, -0.05) is 30.3 Å². The molecular formula is C23H22N2O3. The molecule has 5 nitrogen and oxygen atoms in total. The first-order chi connectivity index (χ1) is 13.6. The van der Waals surface area contributed by atoms with Crippen LogP contribution >= 0.6 is 0 Å². The van der Waals surface area contributed by atoms with E-state index >= 15 is 0 Å². The quantitative estimate of drug-likeness (QED) is 0.645. The molecule has 2 amide bonds. The van der Waals surface area contributed by atoms with Gasteiger partial charge in [0.25, 0.3) is 11.8 Å². The fraction of sp³-hybridized carbons (Fsp3) is 0.130. The Hall–Kier alpha value is -3.60. The second-order valence-corrected chi connectivity index (χ2v) is 6.26. The molecule has 0 unspecified atom stereocenters. The Balaban J connectivity index is 1.71. The van der Waals surface area contributed by atoms with Gasteiger partial charge in [0.15, 0.2) is 0 Å². The van der Waals surface area contributed by atoms with Crippen LogP contribution < -0.4 is 15.4 Å². The van der Waals surface area contributed by atoms with E-state index in [4.69, 9.17) is 4.74 Å². The summed E-state index contributed by atoms with van der Waals surface area (Å²) in [6.07, 6.45) is 0. The van der Waals surface area contributed by atoms with E-state index in [9.17, 15) is 9.59 Å². The summed E-state index contributed by atoms with van der Waals surface area (Å²) in [4.78, 5) is 25.0. The number of aryl methyl sites for hydroxylation is 1. The van der Waals surface area contributed by atoms with E-state index in [0.717, 1.165) is 5.56 Å². The number of hydrogen-bond acceptors (Lipinski definition) is 3. The van der Waals surface area contributed by atoms with Crippen LogP contribution in [0.15, 0.2) is 72.8 Å². The molecular weight excluding hydrogens is 352 g/mol. The molecule has 2 N–H and O–H groups in total. The predicted octanol–water partition coefficient (Wildman–Crippen LogP) is 4.90. The highest BCUT2D eigenvalue weighted by molar-refractivity contribution is 6.07. The lowest BCUT2D eigenvalue weighted by Crippen LogP contribution is -2.14. The third-order valence-electron chi connectivity index (χ3n) is 4.18. The van der Waals surface area contributed by atoms with Gasteiger partial charge in [-0.2, -0.15) is 0 Å². The zero-order chi connectivity index (χ0) is 19.9. The largest absolute Gasteiger partial charge is 0.494 e. The molecule has 28 heavy (non-hydrogen) atoms. The molecule has 0 aliphatic heterocycles. The Morgan fingerprint density at radius 2 is 1.50 bits per heavy atom. The van der Waals surface area contributed by atoms with Crippen molar-refractivity contribution in [2.45, 2.75) is 13.8 Å². The van der Waals surface area contributed by atoms with Crippen molar-refractivity contribution >= 4 is 23.2 Å². The van der Waals surface area contributed by atoms with E-state index in [1.165, 1.54) is 0 Å². The second kappa shape index (κ2) is 8.86. The van der Waals surface area contributed by atoms with Crippen LogP contribution in [0, 0.1) is 6.92 Å². The van der Waals surface area contributed by atoms with Crippen molar-refractivity contribution in [3.63, 3.8) is 0 Å². The number of hydrogen-bond donors (Lipinski definition) is 2. The molecule has 142 valence electrons. The van der Waals surface area contributed by atoms with E-state index in [1.807, 2.05) is 38.1 Å². The number of nitrogens with one attached hydrogen (secondary N) is 2. The van der Waals surface area contributed by atoms with Gasteiger partial charge in [-0.05, 0) is 61.9 Å². The molecule has 0 aromatic heterocycles. The molecule has 0 saturated heterocycles. The minimum atomic E-state index is -0.246. The minimum absolute atomic E-state index is 0.189. The van der Waals surface area contributed by atoms with Crippen molar-refractivity contribution in [2.75, 3.05) is 17.2 Å². The maximum atomic E-state index is 12.5. The Labute approximate surface area is 164 Å². The van der Waals surface area contributed by atoms with Gasteiger partial charge in [0.05, 0.1) is 6.61 Å². The Morgan fingerprint density at radius 3 is 2.21 bits per heavy atom. The molecule has 0 saturated carbocycles. The van der Waals surface area contributed by atoms with Crippen LogP contribution in [0.2, 0.25) is 0 Å². The number of amides is 2. The van der Waals surface area contributed by atoms with Crippen molar-refractivity contribution in [3.8, 4) is 5.75 Å². The van der Waals surface area contributed by atoms with Crippen molar-refractivity contribution in [2.24, 2.45) is 0 Å². The molecule has 3 aromatic rings. The first kappa shape index (κ1) is 19.2. The molecule has 3 rings (SSSR count). The van der Waals surface area contributed by atoms with Crippen LogP contribution in [-0.2, 0) is 0 Å². The average molecular weight is 374 g/mol. The molecule has 0 spiro atoms. The van der Waals surface area contributed by atoms with Crippen LogP contribution in [0.1, 0.15) is 33.2 Å². The molecule has 0 aliphatic carbocycles. The van der Waals surface area contributed by atoms with Crippen LogP contribution in [-0.4, -0.2) is 18.4 Å². The van der Waals surface area contributed by atoms with E-state index in [1.54, 1.807) is 48.5 Å². The van der Waals surface area contributed by atoms with Crippen LogP contribution in [0.5, 0.6) is 5.75 Å². The summed E-state index contributed by atoms with van der Waals surface area (Å²) in [6.45, 7) is 4.32. The van der Waals surface area contributed by atoms with Gasteiger partial charge in [-0.3, -0.25) is 9.59 Å². The molecule has 0 bridgehead atoms. The van der Waals surface area contributed by atoms with E-state index in [0.29, 0.717) is 34.9 Å². The summed E-state index contributed by atoms with van der Waals surface area (Å²) in [6, 6.07) is 21.4. The molecule has 0 radical (unpaired) electrons. The molecule has 0 fully saturated rings. The number of carbonyl (C=O) groups excluding carboxylic acids is 2. The smallest absolute Gasteiger partial charge is 0.255 e. The van der Waals surface area contributed by atoms with Gasteiger partial charge in [-0.15, -0.1) is 0 Å². The van der Waals surface area contributed by atoms with Gasteiger partial charge in [0, 0.05) is 22.5 Å². The Morgan fingerprint density at radius 1 is 0.821 bits per heavy atom. The number of ether oxygens (including phenoxy) is 1. The van der Waals surface area contributed by atoms with E-state index in [2.05, 4.69) is 10.6 Å². The number of anilines is 2. The van der Waals surface area contributed by atoms with Gasteiger partial charge in [0.2, 0.25) is 0 Å². The van der Waals surface area contributed by atoms with Crippen molar-refractivity contribution in [3.05, 3.63) is 89.5 Å². The maximum absolute atomic E-state index is 12.5. The van der Waals surface area contributed by atoms with Crippen LogP contribution in [0.3, 0.4) is 0 Å². The summed E-state index contributed by atoms with van der Waals surface area (Å²) in [5.74, 6) is 0.212. The third kappa shape index (κ3) is 4.76. The third-order valence-corrected chi connectivity index (χ3v) is 4.18. The number of carbonyl (C=O) groups is 2. The predicted molar refractivity (Wildman–Crippen MR) is 111 cm³/mol. The van der Waals surface area contributed by atoms with Crippen molar-refractivity contribution < 1.29 is 14.3 Å².